The number of hydrogen-bond donors (Lipinski definition) is 0. The van der Waals surface area contributed by atoms with Gasteiger partial charge in [0.25, 0.3) is 0 Å². The number of benzene rings is 1. The predicted molar refractivity (Wildman–Crippen MR) is 91.5 cm³/mol. The smallest absolute Gasteiger partial charge is 0.339 e. The summed E-state index contributed by atoms with van der Waals surface area (Å²) in [5.74, 6) is 0.250. The number of aromatic nitrogens is 1. The molecule has 0 amide bonds. The van der Waals surface area contributed by atoms with Gasteiger partial charge in [-0.1, -0.05) is 18.2 Å². The summed E-state index contributed by atoms with van der Waals surface area (Å²) in [4.78, 5) is 18.3. The average molecular weight is 326 g/mol. The van der Waals surface area contributed by atoms with Crippen LogP contribution in [0.5, 0.6) is 0 Å². The van der Waals surface area contributed by atoms with Gasteiger partial charge in [-0.2, -0.15) is 0 Å². The number of halogens is 1. The van der Waals surface area contributed by atoms with Crippen LogP contribution in [0.2, 0.25) is 0 Å². The van der Waals surface area contributed by atoms with E-state index in [9.17, 15) is 9.18 Å². The molecule has 0 bridgehead atoms. The summed E-state index contributed by atoms with van der Waals surface area (Å²) in [6, 6.07) is 10.2. The van der Waals surface area contributed by atoms with Crippen LogP contribution >= 0.6 is 0 Å². The highest BCUT2D eigenvalue weighted by Crippen LogP contribution is 2.25. The summed E-state index contributed by atoms with van der Waals surface area (Å²) < 4.78 is 17.8. The molecule has 0 saturated heterocycles. The van der Waals surface area contributed by atoms with E-state index in [-0.39, 0.29) is 11.8 Å². The zero-order valence-corrected chi connectivity index (χ0v) is 13.8. The van der Waals surface area contributed by atoms with Gasteiger partial charge in [-0.25, -0.2) is 14.2 Å². The number of aryl methyl sites for hydroxylation is 1. The number of methoxy groups -OCH3 is 1. The standard InChI is InChI=1S/C19H19FN2O2/c1-13-17(19(23)24-2)7-8-18(21-13)22-11-9-15(10-12-22)14-3-5-16(20)6-4-14/h3-9H,10-12H2,1-2H3. The Morgan fingerprint density at radius 3 is 2.54 bits per heavy atom. The lowest BCUT2D eigenvalue weighted by Gasteiger charge is -2.28. The van der Waals surface area contributed by atoms with E-state index in [1.165, 1.54) is 24.8 Å². The minimum Gasteiger partial charge on any atom is -0.465 e. The number of carbonyl (C=O) groups is 1. The van der Waals surface area contributed by atoms with E-state index in [1.54, 1.807) is 13.0 Å². The van der Waals surface area contributed by atoms with Crippen LogP contribution < -0.4 is 4.90 Å². The highest BCUT2D eigenvalue weighted by molar-refractivity contribution is 5.90. The van der Waals surface area contributed by atoms with Crippen molar-refractivity contribution in [2.75, 3.05) is 25.1 Å². The zero-order chi connectivity index (χ0) is 17.1. The van der Waals surface area contributed by atoms with Crippen LogP contribution in [0.4, 0.5) is 10.2 Å². The summed E-state index contributed by atoms with van der Waals surface area (Å²) in [6.07, 6.45) is 3.01. The third-order valence-corrected chi connectivity index (χ3v) is 4.22. The number of esters is 1. The van der Waals surface area contributed by atoms with Crippen LogP contribution in [0.3, 0.4) is 0 Å². The molecular formula is C19H19FN2O2. The molecule has 0 radical (unpaired) electrons. The minimum atomic E-state index is -0.372. The number of rotatable bonds is 3. The number of pyridine rings is 1. The molecule has 24 heavy (non-hydrogen) atoms. The molecule has 0 spiro atoms. The van der Waals surface area contributed by atoms with E-state index in [0.29, 0.717) is 11.3 Å². The Labute approximate surface area is 140 Å². The van der Waals surface area contributed by atoms with Gasteiger partial charge in [0, 0.05) is 13.1 Å². The normalized spacial score (nSPS) is 14.3. The maximum absolute atomic E-state index is 13.0. The fourth-order valence-electron chi connectivity index (χ4n) is 2.85. The fourth-order valence-corrected chi connectivity index (χ4v) is 2.85. The van der Waals surface area contributed by atoms with Gasteiger partial charge in [-0.15, -0.1) is 0 Å². The Bertz CT molecular complexity index is 784. The van der Waals surface area contributed by atoms with Gasteiger partial charge in [-0.05, 0) is 48.7 Å². The number of anilines is 1. The lowest BCUT2D eigenvalue weighted by atomic mass is 9.99. The molecule has 1 aliphatic heterocycles. The van der Waals surface area contributed by atoms with Gasteiger partial charge >= 0.3 is 5.97 Å². The van der Waals surface area contributed by atoms with Crippen LogP contribution in [0.1, 0.15) is 28.0 Å². The first kappa shape index (κ1) is 16.2. The highest BCUT2D eigenvalue weighted by Gasteiger charge is 2.17. The summed E-state index contributed by atoms with van der Waals surface area (Å²) in [7, 11) is 1.36. The van der Waals surface area contributed by atoms with Crippen LogP contribution in [-0.4, -0.2) is 31.2 Å². The van der Waals surface area contributed by atoms with Crippen molar-refractivity contribution in [2.45, 2.75) is 13.3 Å². The van der Waals surface area contributed by atoms with Crippen molar-refractivity contribution in [1.82, 2.24) is 4.98 Å². The van der Waals surface area contributed by atoms with Gasteiger partial charge in [0.15, 0.2) is 0 Å². The van der Waals surface area contributed by atoms with Crippen LogP contribution in [0, 0.1) is 12.7 Å². The fraction of sp³-hybridized carbons (Fsp3) is 0.263. The number of hydrogen-bond acceptors (Lipinski definition) is 4. The topological polar surface area (TPSA) is 42.4 Å². The predicted octanol–water partition coefficient (Wildman–Crippen LogP) is 3.61. The Hall–Kier alpha value is -2.69. The van der Waals surface area contributed by atoms with Gasteiger partial charge in [0.1, 0.15) is 11.6 Å². The second kappa shape index (κ2) is 6.83. The molecule has 124 valence electrons. The molecule has 2 heterocycles. The first-order valence-corrected chi connectivity index (χ1v) is 7.84. The maximum atomic E-state index is 13.0. The van der Waals surface area contributed by atoms with Crippen molar-refractivity contribution in [1.29, 1.82) is 0 Å². The Morgan fingerprint density at radius 1 is 1.21 bits per heavy atom. The molecule has 0 aliphatic carbocycles. The second-order valence-corrected chi connectivity index (χ2v) is 5.73. The number of nitrogens with zero attached hydrogens (tertiary/aromatic N) is 2. The van der Waals surface area contributed by atoms with Crippen LogP contribution in [0.25, 0.3) is 5.57 Å². The third-order valence-electron chi connectivity index (χ3n) is 4.22. The minimum absolute atomic E-state index is 0.220. The lowest BCUT2D eigenvalue weighted by molar-refractivity contribution is 0.0599. The molecule has 0 N–H and O–H groups in total. The van der Waals surface area contributed by atoms with Gasteiger partial charge in [0.05, 0.1) is 18.4 Å². The number of ether oxygens (including phenoxy) is 1. The van der Waals surface area contributed by atoms with E-state index < -0.39 is 0 Å². The van der Waals surface area contributed by atoms with Crippen molar-refractivity contribution < 1.29 is 13.9 Å². The molecule has 1 aromatic carbocycles. The van der Waals surface area contributed by atoms with E-state index in [0.717, 1.165) is 30.9 Å². The van der Waals surface area contributed by atoms with Gasteiger partial charge < -0.3 is 9.64 Å². The first-order valence-electron chi connectivity index (χ1n) is 7.84. The van der Waals surface area contributed by atoms with E-state index >= 15 is 0 Å². The van der Waals surface area contributed by atoms with Crippen molar-refractivity contribution in [3.05, 3.63) is 65.1 Å². The Kier molecular flexibility index (Phi) is 4.60. The van der Waals surface area contributed by atoms with E-state index in [1.807, 2.05) is 18.2 Å². The molecule has 4 nitrogen and oxygen atoms in total. The number of carbonyl (C=O) groups excluding carboxylic acids is 1. The molecular weight excluding hydrogens is 307 g/mol. The molecule has 5 heteroatoms. The molecule has 0 saturated carbocycles. The zero-order valence-electron chi connectivity index (χ0n) is 13.8. The molecule has 2 aromatic rings. The van der Waals surface area contributed by atoms with Crippen LogP contribution in [0.15, 0.2) is 42.5 Å². The molecule has 0 unspecified atom stereocenters. The Balaban J connectivity index is 1.75. The highest BCUT2D eigenvalue weighted by atomic mass is 19.1. The summed E-state index contributed by atoms with van der Waals surface area (Å²) in [5.41, 5.74) is 3.42. The van der Waals surface area contributed by atoms with E-state index in [4.69, 9.17) is 4.74 Å². The van der Waals surface area contributed by atoms with Gasteiger partial charge in [-0.3, -0.25) is 0 Å². The molecule has 1 aliphatic rings. The molecule has 3 rings (SSSR count). The second-order valence-electron chi connectivity index (χ2n) is 5.73. The molecule has 0 fully saturated rings. The lowest BCUT2D eigenvalue weighted by Crippen LogP contribution is -2.29. The van der Waals surface area contributed by atoms with Crippen molar-refractivity contribution >= 4 is 17.4 Å². The SMILES string of the molecule is COC(=O)c1ccc(N2CC=C(c3ccc(F)cc3)CC2)nc1C. The maximum Gasteiger partial charge on any atom is 0.339 e. The van der Waals surface area contributed by atoms with Crippen molar-refractivity contribution in [3.63, 3.8) is 0 Å². The largest absolute Gasteiger partial charge is 0.465 e. The summed E-state index contributed by atoms with van der Waals surface area (Å²) >= 11 is 0. The molecule has 0 atom stereocenters. The third kappa shape index (κ3) is 3.30. The van der Waals surface area contributed by atoms with E-state index in [2.05, 4.69) is 16.0 Å². The summed E-state index contributed by atoms with van der Waals surface area (Å²) in [5, 5.41) is 0. The Morgan fingerprint density at radius 2 is 1.96 bits per heavy atom. The average Bonchev–Trinajstić information content (AvgIpc) is 2.62. The first-order chi connectivity index (χ1) is 11.6. The van der Waals surface area contributed by atoms with Crippen LogP contribution in [-0.2, 0) is 4.74 Å². The summed E-state index contributed by atoms with van der Waals surface area (Å²) in [6.45, 7) is 3.36. The van der Waals surface area contributed by atoms with Crippen molar-refractivity contribution in [3.8, 4) is 0 Å². The molecule has 1 aromatic heterocycles. The monoisotopic (exact) mass is 326 g/mol. The quantitative estimate of drug-likeness (QED) is 0.808. The van der Waals surface area contributed by atoms with Gasteiger partial charge in [0.2, 0.25) is 0 Å². The van der Waals surface area contributed by atoms with Crippen molar-refractivity contribution in [2.24, 2.45) is 0 Å².